The Bertz CT molecular complexity index is 276. The lowest BCUT2D eigenvalue weighted by atomic mass is 9.99. The summed E-state index contributed by atoms with van der Waals surface area (Å²) in [4.78, 5) is 0. The summed E-state index contributed by atoms with van der Waals surface area (Å²) in [6.45, 7) is 2.42. The van der Waals surface area contributed by atoms with Crippen molar-refractivity contribution in [2.75, 3.05) is 6.54 Å². The molecule has 1 rings (SSSR count). The number of rotatable bonds is 3. The molecule has 5 nitrogen and oxygen atoms in total. The Kier molecular flexibility index (Phi) is 3.88. The van der Waals surface area contributed by atoms with Crippen LogP contribution < -0.4 is 10.9 Å². The predicted molar refractivity (Wildman–Crippen MR) is 55.7 cm³/mol. The third kappa shape index (κ3) is 3.20. The summed E-state index contributed by atoms with van der Waals surface area (Å²) >= 11 is 0. The highest BCUT2D eigenvalue weighted by molar-refractivity contribution is 7.86. The molecule has 1 heterocycles. The second-order valence-electron chi connectivity index (χ2n) is 4.02. The molecule has 1 aliphatic heterocycles. The highest BCUT2D eigenvalue weighted by Crippen LogP contribution is 2.21. The molecule has 4 N–H and O–H groups in total. The van der Waals surface area contributed by atoms with Crippen LogP contribution in [0.2, 0.25) is 0 Å². The lowest BCUT2D eigenvalue weighted by molar-refractivity contribution is 0.233. The molecule has 0 saturated carbocycles. The number of hydrogen-bond acceptors (Lipinski definition) is 3. The third-order valence-electron chi connectivity index (χ3n) is 2.54. The van der Waals surface area contributed by atoms with Gasteiger partial charge in [0.2, 0.25) is 0 Å². The van der Waals surface area contributed by atoms with Crippen LogP contribution in [0, 0.1) is 0 Å². The van der Waals surface area contributed by atoms with Crippen LogP contribution >= 0.6 is 0 Å². The van der Waals surface area contributed by atoms with E-state index in [1.54, 1.807) is 0 Å². The Hall–Kier alpha value is -0.170. The first-order chi connectivity index (χ1) is 6.41. The highest BCUT2D eigenvalue weighted by atomic mass is 32.2. The average molecular weight is 221 g/mol. The zero-order valence-electron chi connectivity index (χ0n) is 8.52. The first-order valence-corrected chi connectivity index (χ1v) is 6.46. The average Bonchev–Trinajstić information content (AvgIpc) is 2.01. The number of nitrogens with zero attached hydrogens (tertiary/aromatic N) is 1. The van der Waals surface area contributed by atoms with E-state index in [4.69, 9.17) is 10.9 Å². The lowest BCUT2D eigenvalue weighted by Gasteiger charge is -2.34. The zero-order valence-corrected chi connectivity index (χ0v) is 9.33. The smallest absolute Gasteiger partial charge is 0.277 e. The van der Waals surface area contributed by atoms with Gasteiger partial charge in [0.25, 0.3) is 10.2 Å². The molecular formula is C8H19N3O2S. The highest BCUT2D eigenvalue weighted by Gasteiger charge is 2.30. The lowest BCUT2D eigenvalue weighted by Crippen LogP contribution is -2.48. The minimum atomic E-state index is -3.54. The van der Waals surface area contributed by atoms with Crippen molar-refractivity contribution in [1.29, 1.82) is 0 Å². The van der Waals surface area contributed by atoms with Crippen molar-refractivity contribution in [3.05, 3.63) is 0 Å². The van der Waals surface area contributed by atoms with E-state index >= 15 is 0 Å². The fraction of sp³-hybridized carbons (Fsp3) is 1.00. The molecule has 0 aromatic carbocycles. The number of hydrogen-bond donors (Lipinski definition) is 2. The molecule has 6 heteroatoms. The first-order valence-electron chi connectivity index (χ1n) is 4.96. The predicted octanol–water partition coefficient (Wildman–Crippen LogP) is -0.218. The van der Waals surface area contributed by atoms with Crippen LogP contribution in [0.4, 0.5) is 0 Å². The minimum absolute atomic E-state index is 0.00116. The molecule has 0 bridgehead atoms. The maximum atomic E-state index is 11.2. The van der Waals surface area contributed by atoms with Crippen LogP contribution in [0.1, 0.15) is 32.6 Å². The van der Waals surface area contributed by atoms with Gasteiger partial charge in [-0.3, -0.25) is 0 Å². The summed E-state index contributed by atoms with van der Waals surface area (Å²) in [5, 5.41) is 5.13. The summed E-state index contributed by atoms with van der Waals surface area (Å²) in [5.41, 5.74) is 5.67. The second-order valence-corrected chi connectivity index (χ2v) is 5.52. The van der Waals surface area contributed by atoms with E-state index in [0.29, 0.717) is 13.0 Å². The second kappa shape index (κ2) is 4.57. The van der Waals surface area contributed by atoms with Crippen molar-refractivity contribution >= 4 is 10.2 Å². The maximum Gasteiger partial charge on any atom is 0.277 e. The molecule has 1 aliphatic rings. The third-order valence-corrected chi connectivity index (χ3v) is 3.68. The van der Waals surface area contributed by atoms with Gasteiger partial charge in [0, 0.05) is 18.6 Å². The molecule has 0 amide bonds. The van der Waals surface area contributed by atoms with Crippen molar-refractivity contribution in [3.8, 4) is 0 Å². The Morgan fingerprint density at radius 2 is 2.14 bits per heavy atom. The monoisotopic (exact) mass is 221 g/mol. The summed E-state index contributed by atoms with van der Waals surface area (Å²) < 4.78 is 23.9. The van der Waals surface area contributed by atoms with E-state index in [0.717, 1.165) is 19.3 Å². The fourth-order valence-electron chi connectivity index (χ4n) is 1.97. The quantitative estimate of drug-likeness (QED) is 0.690. The molecule has 1 fully saturated rings. The molecule has 14 heavy (non-hydrogen) atoms. The minimum Gasteiger partial charge on any atom is -0.328 e. The molecular weight excluding hydrogens is 202 g/mol. The molecule has 0 spiro atoms. The van der Waals surface area contributed by atoms with E-state index < -0.39 is 10.2 Å². The summed E-state index contributed by atoms with van der Waals surface area (Å²) in [6, 6.07) is 0.0149. The normalized spacial score (nSPS) is 27.5. The van der Waals surface area contributed by atoms with Crippen molar-refractivity contribution in [3.63, 3.8) is 0 Å². The van der Waals surface area contributed by atoms with Crippen LogP contribution in [-0.4, -0.2) is 31.4 Å². The van der Waals surface area contributed by atoms with Crippen LogP contribution in [0.15, 0.2) is 0 Å². The van der Waals surface area contributed by atoms with Crippen LogP contribution in [0.5, 0.6) is 0 Å². The van der Waals surface area contributed by atoms with Crippen molar-refractivity contribution in [2.45, 2.75) is 44.7 Å². The Morgan fingerprint density at radius 1 is 1.50 bits per heavy atom. The van der Waals surface area contributed by atoms with E-state index in [1.165, 1.54) is 4.31 Å². The van der Waals surface area contributed by atoms with Gasteiger partial charge in [-0.15, -0.1) is 0 Å². The number of nitrogens with two attached hydrogens (primary N) is 2. The largest absolute Gasteiger partial charge is 0.328 e. The molecule has 0 aromatic rings. The topological polar surface area (TPSA) is 89.4 Å². The summed E-state index contributed by atoms with van der Waals surface area (Å²) in [5.74, 6) is 0. The van der Waals surface area contributed by atoms with Crippen molar-refractivity contribution in [1.82, 2.24) is 4.31 Å². The Labute approximate surface area is 85.6 Å². The molecule has 2 unspecified atom stereocenters. The van der Waals surface area contributed by atoms with Gasteiger partial charge in [-0.25, -0.2) is 5.14 Å². The van der Waals surface area contributed by atoms with Gasteiger partial charge < -0.3 is 5.73 Å². The van der Waals surface area contributed by atoms with Gasteiger partial charge in [0.1, 0.15) is 0 Å². The maximum absolute atomic E-state index is 11.2. The fourth-order valence-corrected chi connectivity index (χ4v) is 2.96. The van der Waals surface area contributed by atoms with Crippen molar-refractivity contribution < 1.29 is 8.42 Å². The van der Waals surface area contributed by atoms with Gasteiger partial charge in [0.05, 0.1) is 0 Å². The summed E-state index contributed by atoms with van der Waals surface area (Å²) in [7, 11) is -3.54. The Balaban J connectivity index is 2.69. The number of piperidine rings is 1. The molecule has 2 atom stereocenters. The summed E-state index contributed by atoms with van der Waals surface area (Å²) in [6.07, 6.45) is 3.52. The van der Waals surface area contributed by atoms with E-state index in [1.807, 2.05) is 6.92 Å². The molecule has 1 saturated heterocycles. The van der Waals surface area contributed by atoms with Gasteiger partial charge in [-0.2, -0.15) is 12.7 Å². The first kappa shape index (κ1) is 11.9. The van der Waals surface area contributed by atoms with Gasteiger partial charge in [-0.05, 0) is 26.2 Å². The molecule has 84 valence electrons. The van der Waals surface area contributed by atoms with E-state index in [-0.39, 0.29) is 12.1 Å². The molecule has 0 aromatic heterocycles. The van der Waals surface area contributed by atoms with E-state index in [2.05, 4.69) is 0 Å². The van der Waals surface area contributed by atoms with Gasteiger partial charge in [0.15, 0.2) is 0 Å². The van der Waals surface area contributed by atoms with Crippen molar-refractivity contribution in [2.24, 2.45) is 10.9 Å². The van der Waals surface area contributed by atoms with Crippen LogP contribution in [0.25, 0.3) is 0 Å². The van der Waals surface area contributed by atoms with Gasteiger partial charge >= 0.3 is 0 Å². The molecule has 0 aliphatic carbocycles. The SMILES string of the molecule is CC(N)CC1CCCCN1S(N)(=O)=O. The Morgan fingerprint density at radius 3 is 2.64 bits per heavy atom. The molecule has 0 radical (unpaired) electrons. The van der Waals surface area contributed by atoms with Gasteiger partial charge in [-0.1, -0.05) is 6.42 Å². The van der Waals surface area contributed by atoms with Crippen LogP contribution in [0.3, 0.4) is 0 Å². The zero-order chi connectivity index (χ0) is 10.8. The standard InChI is InChI=1S/C8H19N3O2S/c1-7(9)6-8-4-2-3-5-11(8)14(10,12)13/h7-8H,2-6,9H2,1H3,(H2,10,12,13). The van der Waals surface area contributed by atoms with Crippen LogP contribution in [-0.2, 0) is 10.2 Å². The van der Waals surface area contributed by atoms with E-state index in [9.17, 15) is 8.42 Å².